The quantitative estimate of drug-likeness (QED) is 0.899. The lowest BCUT2D eigenvalue weighted by Crippen LogP contribution is -2.29. The second-order valence-corrected chi connectivity index (χ2v) is 5.94. The highest BCUT2D eigenvalue weighted by molar-refractivity contribution is 9.10. The number of halogens is 1. The molecule has 0 amide bonds. The normalized spacial score (nSPS) is 18.9. The van der Waals surface area contributed by atoms with Crippen molar-refractivity contribution >= 4 is 27.6 Å². The van der Waals surface area contributed by atoms with E-state index >= 15 is 0 Å². The summed E-state index contributed by atoms with van der Waals surface area (Å²) in [6.07, 6.45) is 8.12. The van der Waals surface area contributed by atoms with Gasteiger partial charge >= 0.3 is 0 Å². The summed E-state index contributed by atoms with van der Waals surface area (Å²) in [7, 11) is 0. The first-order chi connectivity index (χ1) is 8.11. The van der Waals surface area contributed by atoms with Crippen molar-refractivity contribution in [2.45, 2.75) is 39.0 Å². The molecule has 1 saturated carbocycles. The third-order valence-electron chi connectivity index (χ3n) is 3.56. The van der Waals surface area contributed by atoms with Gasteiger partial charge in [-0.3, -0.25) is 0 Å². The van der Waals surface area contributed by atoms with Gasteiger partial charge in [0, 0.05) is 6.54 Å². The zero-order valence-corrected chi connectivity index (χ0v) is 11.8. The molecule has 0 bridgehead atoms. The van der Waals surface area contributed by atoms with E-state index in [-0.39, 0.29) is 0 Å². The summed E-state index contributed by atoms with van der Waals surface area (Å²) in [6.45, 7) is 3.29. The fourth-order valence-electron chi connectivity index (χ4n) is 2.39. The van der Waals surface area contributed by atoms with Crippen molar-refractivity contribution in [2.24, 2.45) is 5.41 Å². The molecule has 1 aromatic rings. The van der Waals surface area contributed by atoms with Gasteiger partial charge in [0.15, 0.2) is 0 Å². The maximum atomic E-state index is 5.72. The standard InChI is InChI=1S/C12H19BrN4/c1-12(5-3-2-4-6-12)7-15-11-9(13)10(14)16-8-17-11/h8H,2-7H2,1H3,(H3,14,15,16,17). The summed E-state index contributed by atoms with van der Waals surface area (Å²) in [6, 6.07) is 0. The second kappa shape index (κ2) is 5.21. The molecule has 0 unspecified atom stereocenters. The first-order valence-corrected chi connectivity index (χ1v) is 6.90. The van der Waals surface area contributed by atoms with Gasteiger partial charge in [0.25, 0.3) is 0 Å². The predicted molar refractivity (Wildman–Crippen MR) is 73.8 cm³/mol. The van der Waals surface area contributed by atoms with Crippen LogP contribution in [0.4, 0.5) is 11.6 Å². The minimum atomic E-state index is 0.386. The summed E-state index contributed by atoms with van der Waals surface area (Å²) < 4.78 is 0.763. The predicted octanol–water partition coefficient (Wildman–Crippen LogP) is 3.20. The van der Waals surface area contributed by atoms with Crippen molar-refractivity contribution < 1.29 is 0 Å². The maximum Gasteiger partial charge on any atom is 0.145 e. The van der Waals surface area contributed by atoms with E-state index in [1.54, 1.807) is 0 Å². The number of aromatic nitrogens is 2. The van der Waals surface area contributed by atoms with E-state index in [0.29, 0.717) is 11.2 Å². The number of nitrogen functional groups attached to an aromatic ring is 1. The second-order valence-electron chi connectivity index (χ2n) is 5.15. The molecule has 1 aromatic heterocycles. The van der Waals surface area contributed by atoms with Gasteiger partial charge in [0.05, 0.1) is 0 Å². The molecule has 0 saturated heterocycles. The van der Waals surface area contributed by atoms with Crippen LogP contribution >= 0.6 is 15.9 Å². The Morgan fingerprint density at radius 3 is 2.76 bits per heavy atom. The fourth-order valence-corrected chi connectivity index (χ4v) is 2.73. The number of hydrogen-bond acceptors (Lipinski definition) is 4. The summed E-state index contributed by atoms with van der Waals surface area (Å²) in [5.74, 6) is 1.28. The molecule has 0 radical (unpaired) electrons. The first kappa shape index (κ1) is 12.6. The van der Waals surface area contributed by atoms with Crippen LogP contribution in [0.25, 0.3) is 0 Å². The molecule has 3 N–H and O–H groups in total. The summed E-state index contributed by atoms with van der Waals surface area (Å²) >= 11 is 3.41. The molecule has 2 rings (SSSR count). The van der Waals surface area contributed by atoms with E-state index in [9.17, 15) is 0 Å². The minimum absolute atomic E-state index is 0.386. The lowest BCUT2D eigenvalue weighted by Gasteiger charge is -2.33. The van der Waals surface area contributed by atoms with Crippen molar-refractivity contribution in [3.05, 3.63) is 10.8 Å². The van der Waals surface area contributed by atoms with Crippen LogP contribution in [0.3, 0.4) is 0 Å². The smallest absolute Gasteiger partial charge is 0.145 e. The van der Waals surface area contributed by atoms with Crippen molar-refractivity contribution in [1.29, 1.82) is 0 Å². The van der Waals surface area contributed by atoms with E-state index in [2.05, 4.69) is 38.1 Å². The molecule has 1 aliphatic carbocycles. The number of nitrogens with one attached hydrogen (secondary N) is 1. The van der Waals surface area contributed by atoms with E-state index < -0.39 is 0 Å². The van der Waals surface area contributed by atoms with Crippen molar-refractivity contribution in [3.8, 4) is 0 Å². The zero-order valence-electron chi connectivity index (χ0n) is 10.2. The van der Waals surface area contributed by atoms with Gasteiger partial charge in [-0.15, -0.1) is 0 Å². The molecule has 17 heavy (non-hydrogen) atoms. The molecule has 4 nitrogen and oxygen atoms in total. The molecule has 0 spiro atoms. The molecule has 1 fully saturated rings. The lowest BCUT2D eigenvalue weighted by molar-refractivity contribution is 0.233. The van der Waals surface area contributed by atoms with Crippen LogP contribution in [0.1, 0.15) is 39.0 Å². The average molecular weight is 299 g/mol. The first-order valence-electron chi connectivity index (χ1n) is 6.11. The zero-order chi connectivity index (χ0) is 12.3. The maximum absolute atomic E-state index is 5.72. The Morgan fingerprint density at radius 2 is 2.06 bits per heavy atom. The van der Waals surface area contributed by atoms with E-state index in [1.807, 2.05) is 0 Å². The monoisotopic (exact) mass is 298 g/mol. The van der Waals surface area contributed by atoms with Crippen LogP contribution in [-0.4, -0.2) is 16.5 Å². The third-order valence-corrected chi connectivity index (χ3v) is 4.34. The van der Waals surface area contributed by atoms with Gasteiger partial charge in [0.1, 0.15) is 22.4 Å². The van der Waals surface area contributed by atoms with Crippen molar-refractivity contribution in [3.63, 3.8) is 0 Å². The number of anilines is 2. The average Bonchev–Trinajstić information content (AvgIpc) is 2.32. The Balaban J connectivity index is 1.99. The van der Waals surface area contributed by atoms with Crippen molar-refractivity contribution in [1.82, 2.24) is 9.97 Å². The molecular weight excluding hydrogens is 280 g/mol. The number of hydrogen-bond donors (Lipinski definition) is 2. The molecule has 94 valence electrons. The van der Waals surface area contributed by atoms with Gasteiger partial charge in [-0.05, 0) is 34.2 Å². The van der Waals surface area contributed by atoms with Gasteiger partial charge in [0.2, 0.25) is 0 Å². The highest BCUT2D eigenvalue weighted by Crippen LogP contribution is 2.36. The minimum Gasteiger partial charge on any atom is -0.383 e. The number of nitrogens with zero attached hydrogens (tertiary/aromatic N) is 2. The highest BCUT2D eigenvalue weighted by Gasteiger charge is 2.26. The summed E-state index contributed by atoms with van der Waals surface area (Å²) in [5.41, 5.74) is 6.11. The van der Waals surface area contributed by atoms with Gasteiger partial charge < -0.3 is 11.1 Å². The van der Waals surface area contributed by atoms with E-state index in [0.717, 1.165) is 16.8 Å². The molecular formula is C12H19BrN4. The van der Waals surface area contributed by atoms with Crippen LogP contribution in [0.2, 0.25) is 0 Å². The summed E-state index contributed by atoms with van der Waals surface area (Å²) in [5, 5.41) is 3.39. The van der Waals surface area contributed by atoms with E-state index in [4.69, 9.17) is 5.73 Å². The van der Waals surface area contributed by atoms with Crippen LogP contribution in [0, 0.1) is 5.41 Å². The Labute approximate surface area is 111 Å². The van der Waals surface area contributed by atoms with Crippen LogP contribution in [0.15, 0.2) is 10.8 Å². The summed E-state index contributed by atoms with van der Waals surface area (Å²) in [4.78, 5) is 8.14. The van der Waals surface area contributed by atoms with Crippen LogP contribution in [0.5, 0.6) is 0 Å². The van der Waals surface area contributed by atoms with Gasteiger partial charge in [-0.2, -0.15) is 0 Å². The van der Waals surface area contributed by atoms with Gasteiger partial charge in [-0.1, -0.05) is 26.2 Å². The number of nitrogens with two attached hydrogens (primary N) is 1. The van der Waals surface area contributed by atoms with Gasteiger partial charge in [-0.25, -0.2) is 9.97 Å². The Hall–Kier alpha value is -0.840. The van der Waals surface area contributed by atoms with Crippen molar-refractivity contribution in [2.75, 3.05) is 17.6 Å². The molecule has 0 aliphatic heterocycles. The topological polar surface area (TPSA) is 63.8 Å². The number of rotatable bonds is 3. The molecule has 0 atom stereocenters. The molecule has 1 aliphatic rings. The SMILES string of the molecule is CC1(CNc2ncnc(N)c2Br)CCCCC1. The fraction of sp³-hybridized carbons (Fsp3) is 0.667. The van der Waals surface area contributed by atoms with E-state index in [1.165, 1.54) is 38.4 Å². The highest BCUT2D eigenvalue weighted by atomic mass is 79.9. The Morgan fingerprint density at radius 1 is 1.35 bits per heavy atom. The Kier molecular flexibility index (Phi) is 3.86. The van der Waals surface area contributed by atoms with Crippen LogP contribution < -0.4 is 11.1 Å². The third kappa shape index (κ3) is 3.09. The van der Waals surface area contributed by atoms with Crippen LogP contribution in [-0.2, 0) is 0 Å². The lowest BCUT2D eigenvalue weighted by atomic mass is 9.76. The molecule has 0 aromatic carbocycles. The Bertz CT molecular complexity index is 388. The largest absolute Gasteiger partial charge is 0.383 e. The molecule has 1 heterocycles. The molecule has 5 heteroatoms.